The molecule has 1 aliphatic heterocycles. The number of anilines is 1. The van der Waals surface area contributed by atoms with E-state index >= 15 is 0 Å². The Morgan fingerprint density at radius 3 is 2.50 bits per heavy atom. The van der Waals surface area contributed by atoms with Crippen LogP contribution in [-0.4, -0.2) is 48.7 Å². The summed E-state index contributed by atoms with van der Waals surface area (Å²) >= 11 is 0. The Balaban J connectivity index is 0.00000261. The van der Waals surface area contributed by atoms with Crippen LogP contribution in [0.25, 0.3) is 0 Å². The van der Waals surface area contributed by atoms with Crippen molar-refractivity contribution in [2.75, 3.05) is 25.5 Å². The number of amides is 1. The van der Waals surface area contributed by atoms with Gasteiger partial charge >= 0.3 is 0 Å². The van der Waals surface area contributed by atoms with Crippen LogP contribution >= 0.6 is 0 Å². The van der Waals surface area contributed by atoms with Crippen molar-refractivity contribution in [1.29, 1.82) is 0 Å². The molecule has 0 saturated heterocycles. The molecule has 10 heteroatoms. The number of allylic oxidation sites excluding steroid dienone is 3. The molecule has 1 amide bonds. The van der Waals surface area contributed by atoms with Crippen molar-refractivity contribution in [3.05, 3.63) is 70.6 Å². The molecule has 40 heavy (non-hydrogen) atoms. The SMILES string of the molecule is C.C=N/C=C\C=C1/Cc2c(nc(CCCC)n2CCCCNC(=O)c2cc(F)c(N(C)C)c(F)c2)C(N)=N1.CC. The van der Waals surface area contributed by atoms with E-state index in [4.69, 9.17) is 10.7 Å². The number of imidazole rings is 1. The third-order valence-corrected chi connectivity index (χ3v) is 6.06. The number of nitrogens with two attached hydrogens (primary N) is 1. The van der Waals surface area contributed by atoms with E-state index < -0.39 is 17.5 Å². The molecule has 0 aliphatic carbocycles. The fraction of sp³-hybridized carbons (Fsp3) is 0.467. The maximum Gasteiger partial charge on any atom is 0.251 e. The zero-order chi connectivity index (χ0) is 28.9. The highest BCUT2D eigenvalue weighted by molar-refractivity contribution is 5.98. The number of aromatic nitrogens is 2. The highest BCUT2D eigenvalue weighted by Gasteiger charge is 2.24. The first-order chi connectivity index (χ1) is 18.8. The molecule has 2 aromatic rings. The molecule has 3 N–H and O–H groups in total. The average molecular weight is 558 g/mol. The van der Waals surface area contributed by atoms with Gasteiger partial charge in [-0.3, -0.25) is 9.79 Å². The first-order valence-electron chi connectivity index (χ1n) is 13.5. The summed E-state index contributed by atoms with van der Waals surface area (Å²) in [5.41, 5.74) is 8.60. The standard InChI is InChI=1S/C27H35F2N7O.C2H6.CH4/c1-5-6-11-23-34-24-22(17-19(33-26(24)30)10-9-12-31-2)36(23)14-8-7-13-32-27(37)18-15-20(28)25(35(3)4)21(29)16-18;1-2;/h9-10,12,15-16H,2,5-8,11,13-14,17H2,1,3-4H3,(H2,30,33)(H,32,37);1-2H3;1H4/b12-9-,19-10+;;. The van der Waals surface area contributed by atoms with Gasteiger partial charge in [0.1, 0.15) is 28.8 Å². The number of aryl methyl sites for hydroxylation is 1. The third-order valence-electron chi connectivity index (χ3n) is 6.06. The van der Waals surface area contributed by atoms with Crippen LogP contribution in [0.2, 0.25) is 0 Å². The normalized spacial score (nSPS) is 13.2. The number of carbonyl (C=O) groups is 1. The third kappa shape index (κ3) is 8.86. The van der Waals surface area contributed by atoms with E-state index in [2.05, 4.69) is 33.5 Å². The summed E-state index contributed by atoms with van der Waals surface area (Å²) in [5, 5.41) is 2.76. The predicted octanol–water partition coefficient (Wildman–Crippen LogP) is 5.80. The molecule has 1 aromatic carbocycles. The molecule has 8 nitrogen and oxygen atoms in total. The number of unbranched alkanes of at least 4 members (excludes halogenated alkanes) is 2. The summed E-state index contributed by atoms with van der Waals surface area (Å²) in [6.07, 6.45) is 10.2. The summed E-state index contributed by atoms with van der Waals surface area (Å²) in [6.45, 7) is 10.7. The van der Waals surface area contributed by atoms with Gasteiger partial charge in [0, 0.05) is 57.5 Å². The lowest BCUT2D eigenvalue weighted by Crippen LogP contribution is -2.25. The van der Waals surface area contributed by atoms with E-state index in [1.807, 2.05) is 19.9 Å². The summed E-state index contributed by atoms with van der Waals surface area (Å²) in [7, 11) is 3.09. The molecule has 0 fully saturated rings. The van der Waals surface area contributed by atoms with Crippen molar-refractivity contribution in [3.63, 3.8) is 0 Å². The van der Waals surface area contributed by atoms with Crippen LogP contribution < -0.4 is 16.0 Å². The number of hydrogen-bond donors (Lipinski definition) is 2. The largest absolute Gasteiger partial charge is 0.382 e. The molecule has 0 atom stereocenters. The Labute approximate surface area is 237 Å². The van der Waals surface area contributed by atoms with E-state index in [-0.39, 0.29) is 18.7 Å². The first kappa shape index (κ1) is 34.2. The lowest BCUT2D eigenvalue weighted by atomic mass is 10.1. The average Bonchev–Trinajstić information content (AvgIpc) is 3.25. The summed E-state index contributed by atoms with van der Waals surface area (Å²) in [4.78, 5) is 26.8. The number of fused-ring (bicyclic) bond motifs is 1. The van der Waals surface area contributed by atoms with Crippen molar-refractivity contribution in [1.82, 2.24) is 14.9 Å². The van der Waals surface area contributed by atoms with Gasteiger partial charge in [0.25, 0.3) is 5.91 Å². The summed E-state index contributed by atoms with van der Waals surface area (Å²) in [6, 6.07) is 2.12. The highest BCUT2D eigenvalue weighted by atomic mass is 19.1. The molecule has 0 bridgehead atoms. The van der Waals surface area contributed by atoms with Crippen LogP contribution in [0.5, 0.6) is 0 Å². The Morgan fingerprint density at radius 2 is 1.90 bits per heavy atom. The summed E-state index contributed by atoms with van der Waals surface area (Å²) < 4.78 is 30.7. The Kier molecular flexibility index (Phi) is 14.5. The molecule has 0 radical (unpaired) electrons. The Hall–Kier alpha value is -3.82. The minimum absolute atomic E-state index is 0. The van der Waals surface area contributed by atoms with Crippen LogP contribution in [0.1, 0.15) is 81.5 Å². The number of amidine groups is 1. The van der Waals surface area contributed by atoms with Crippen LogP contribution in [0.15, 0.2) is 46.2 Å². The van der Waals surface area contributed by atoms with Gasteiger partial charge < -0.3 is 20.5 Å². The van der Waals surface area contributed by atoms with Crippen molar-refractivity contribution < 1.29 is 13.6 Å². The van der Waals surface area contributed by atoms with Gasteiger partial charge in [0.15, 0.2) is 5.84 Å². The number of aliphatic imine (C=N–C) groups is 2. The fourth-order valence-corrected chi connectivity index (χ4v) is 4.26. The number of nitrogens with zero attached hydrogens (tertiary/aromatic N) is 5. The molecule has 3 rings (SSSR count). The molecule has 2 heterocycles. The van der Waals surface area contributed by atoms with Gasteiger partial charge in [-0.15, -0.1) is 0 Å². The van der Waals surface area contributed by atoms with E-state index in [0.29, 0.717) is 31.8 Å². The molecular formula is C30H45F2N7O. The van der Waals surface area contributed by atoms with Crippen molar-refractivity contribution >= 4 is 24.1 Å². The predicted molar refractivity (Wildman–Crippen MR) is 162 cm³/mol. The maximum atomic E-state index is 14.2. The van der Waals surface area contributed by atoms with Crippen molar-refractivity contribution in [2.45, 2.75) is 73.3 Å². The molecule has 0 saturated carbocycles. The number of halogens is 2. The van der Waals surface area contributed by atoms with Crippen molar-refractivity contribution in [3.8, 4) is 0 Å². The lowest BCUT2D eigenvalue weighted by molar-refractivity contribution is 0.0952. The molecule has 0 spiro atoms. The van der Waals surface area contributed by atoms with Gasteiger partial charge in [-0.2, -0.15) is 0 Å². The number of hydrogen-bond acceptors (Lipinski definition) is 6. The van der Waals surface area contributed by atoms with E-state index in [0.717, 1.165) is 60.7 Å². The topological polar surface area (TPSA) is 101 Å². The Bertz CT molecular complexity index is 1210. The van der Waals surface area contributed by atoms with Gasteiger partial charge in [0.05, 0.1) is 5.69 Å². The van der Waals surface area contributed by atoms with Gasteiger partial charge in [0.2, 0.25) is 0 Å². The molecule has 1 aromatic heterocycles. The minimum Gasteiger partial charge on any atom is -0.382 e. The number of nitrogens with one attached hydrogen (secondary N) is 1. The second-order valence-electron chi connectivity index (χ2n) is 9.08. The number of rotatable bonds is 12. The van der Waals surface area contributed by atoms with Crippen LogP contribution in [0, 0.1) is 11.6 Å². The minimum atomic E-state index is -0.771. The lowest BCUT2D eigenvalue weighted by Gasteiger charge is -2.16. The van der Waals surface area contributed by atoms with Crippen LogP contribution in [-0.2, 0) is 19.4 Å². The molecule has 220 valence electrons. The zero-order valence-corrected chi connectivity index (χ0v) is 23.7. The van der Waals surface area contributed by atoms with Crippen molar-refractivity contribution in [2.24, 2.45) is 15.7 Å². The van der Waals surface area contributed by atoms with Gasteiger partial charge in [-0.1, -0.05) is 34.6 Å². The zero-order valence-electron chi connectivity index (χ0n) is 23.7. The highest BCUT2D eigenvalue weighted by Crippen LogP contribution is 2.25. The monoisotopic (exact) mass is 557 g/mol. The fourth-order valence-electron chi connectivity index (χ4n) is 4.26. The summed E-state index contributed by atoms with van der Waals surface area (Å²) in [5.74, 6) is -0.673. The number of carbonyl (C=O) groups excluding carboxylic acids is 1. The molecule has 0 unspecified atom stereocenters. The van der Waals surface area contributed by atoms with Gasteiger partial charge in [-0.05, 0) is 50.3 Å². The smallest absolute Gasteiger partial charge is 0.251 e. The number of benzene rings is 1. The van der Waals surface area contributed by atoms with E-state index in [9.17, 15) is 13.6 Å². The first-order valence-corrected chi connectivity index (χ1v) is 13.5. The van der Waals surface area contributed by atoms with Gasteiger partial charge in [-0.25, -0.2) is 18.8 Å². The van der Waals surface area contributed by atoms with Crippen LogP contribution in [0.4, 0.5) is 14.5 Å². The van der Waals surface area contributed by atoms with E-state index in [1.54, 1.807) is 26.4 Å². The van der Waals surface area contributed by atoms with E-state index in [1.165, 1.54) is 4.90 Å². The Morgan fingerprint density at radius 1 is 1.23 bits per heavy atom. The maximum absolute atomic E-state index is 14.2. The van der Waals surface area contributed by atoms with Crippen LogP contribution in [0.3, 0.4) is 0 Å². The molecular weight excluding hydrogens is 512 g/mol. The quantitative estimate of drug-likeness (QED) is 0.254. The second-order valence-corrected chi connectivity index (χ2v) is 9.08. The molecule has 1 aliphatic rings. The second kappa shape index (κ2) is 17.0.